The zero-order chi connectivity index (χ0) is 16.8. The van der Waals surface area contributed by atoms with Crippen LogP contribution in [0.4, 0.5) is 0 Å². The summed E-state index contributed by atoms with van der Waals surface area (Å²) in [6.45, 7) is 2.34. The molecule has 0 bridgehead atoms. The van der Waals surface area contributed by atoms with Crippen molar-refractivity contribution >= 4 is 5.97 Å². The normalized spacial score (nSPS) is 10.1. The lowest BCUT2D eigenvalue weighted by Gasteiger charge is -2.14. The molecule has 5 nitrogen and oxygen atoms in total. The quantitative estimate of drug-likeness (QED) is 0.765. The fourth-order valence-electron chi connectivity index (χ4n) is 2.21. The van der Waals surface area contributed by atoms with Gasteiger partial charge in [-0.3, -0.25) is 0 Å². The Morgan fingerprint density at radius 3 is 2.26 bits per heavy atom. The van der Waals surface area contributed by atoms with Gasteiger partial charge in [0.25, 0.3) is 0 Å². The van der Waals surface area contributed by atoms with E-state index in [9.17, 15) is 4.79 Å². The van der Waals surface area contributed by atoms with Crippen LogP contribution in [0.15, 0.2) is 36.4 Å². The molecule has 2 aromatic carbocycles. The van der Waals surface area contributed by atoms with Gasteiger partial charge in [-0.2, -0.15) is 0 Å². The number of ether oxygens (including phenoxy) is 4. The van der Waals surface area contributed by atoms with Crippen molar-refractivity contribution in [2.45, 2.75) is 13.5 Å². The van der Waals surface area contributed by atoms with E-state index in [0.717, 1.165) is 16.9 Å². The van der Waals surface area contributed by atoms with E-state index in [1.807, 2.05) is 25.1 Å². The molecule has 0 aromatic heterocycles. The number of carbonyl (C=O) groups excluding carboxylic acids is 1. The van der Waals surface area contributed by atoms with Crippen LogP contribution in [0.1, 0.15) is 21.5 Å². The van der Waals surface area contributed by atoms with Crippen molar-refractivity contribution in [2.24, 2.45) is 0 Å². The Morgan fingerprint density at radius 2 is 1.61 bits per heavy atom. The second kappa shape index (κ2) is 7.54. The molecule has 0 unspecified atom stereocenters. The van der Waals surface area contributed by atoms with Gasteiger partial charge in [0.05, 0.1) is 26.9 Å². The Bertz CT molecular complexity index is 694. The first-order valence-corrected chi connectivity index (χ1v) is 7.11. The van der Waals surface area contributed by atoms with Gasteiger partial charge in [-0.1, -0.05) is 11.6 Å². The molecule has 23 heavy (non-hydrogen) atoms. The molecule has 5 heteroatoms. The Hall–Kier alpha value is -2.69. The average molecular weight is 316 g/mol. The molecular weight excluding hydrogens is 296 g/mol. The molecule has 0 aliphatic heterocycles. The summed E-state index contributed by atoms with van der Waals surface area (Å²) >= 11 is 0. The topological polar surface area (TPSA) is 54.0 Å². The smallest absolute Gasteiger partial charge is 0.337 e. The van der Waals surface area contributed by atoms with Crippen molar-refractivity contribution in [3.63, 3.8) is 0 Å². The van der Waals surface area contributed by atoms with E-state index >= 15 is 0 Å². The number of hydrogen-bond donors (Lipinski definition) is 0. The standard InChI is InChI=1S/C18H20O5/c1-12-5-7-15(20-2)14(9-12)11-23-16-8-6-13(18(19)22-4)10-17(16)21-3/h5-10H,11H2,1-4H3. The molecule has 0 spiro atoms. The summed E-state index contributed by atoms with van der Waals surface area (Å²) in [5.74, 6) is 1.36. The van der Waals surface area contributed by atoms with Gasteiger partial charge in [0.1, 0.15) is 12.4 Å². The van der Waals surface area contributed by atoms with Crippen LogP contribution in [0.25, 0.3) is 0 Å². The lowest BCUT2D eigenvalue weighted by molar-refractivity contribution is 0.0600. The zero-order valence-electron chi connectivity index (χ0n) is 13.7. The number of carbonyl (C=O) groups is 1. The molecule has 0 aliphatic carbocycles. The Balaban J connectivity index is 2.20. The molecule has 2 rings (SSSR count). The SMILES string of the molecule is COC(=O)c1ccc(OCc2cc(C)ccc2OC)c(OC)c1. The maximum atomic E-state index is 11.6. The fraction of sp³-hybridized carbons (Fsp3) is 0.278. The average Bonchev–Trinajstić information content (AvgIpc) is 2.59. The molecule has 0 aliphatic rings. The summed E-state index contributed by atoms with van der Waals surface area (Å²) in [5.41, 5.74) is 2.47. The Kier molecular flexibility index (Phi) is 5.46. The van der Waals surface area contributed by atoms with Gasteiger partial charge in [-0.15, -0.1) is 0 Å². The predicted molar refractivity (Wildman–Crippen MR) is 86.4 cm³/mol. The molecule has 0 radical (unpaired) electrons. The van der Waals surface area contributed by atoms with E-state index in [-0.39, 0.29) is 0 Å². The van der Waals surface area contributed by atoms with Gasteiger partial charge < -0.3 is 18.9 Å². The number of methoxy groups -OCH3 is 3. The molecule has 0 N–H and O–H groups in total. The molecular formula is C18H20O5. The first-order valence-electron chi connectivity index (χ1n) is 7.11. The minimum absolute atomic E-state index is 0.332. The maximum Gasteiger partial charge on any atom is 0.337 e. The minimum Gasteiger partial charge on any atom is -0.496 e. The van der Waals surface area contributed by atoms with Crippen molar-refractivity contribution < 1.29 is 23.7 Å². The number of rotatable bonds is 6. The first kappa shape index (κ1) is 16.7. The molecule has 0 amide bonds. The van der Waals surface area contributed by atoms with Crippen LogP contribution in [0.5, 0.6) is 17.2 Å². The molecule has 122 valence electrons. The van der Waals surface area contributed by atoms with E-state index in [4.69, 9.17) is 18.9 Å². The van der Waals surface area contributed by atoms with Crippen LogP contribution in [0.3, 0.4) is 0 Å². The van der Waals surface area contributed by atoms with Gasteiger partial charge in [-0.25, -0.2) is 4.79 Å². The maximum absolute atomic E-state index is 11.6. The number of hydrogen-bond acceptors (Lipinski definition) is 5. The van der Waals surface area contributed by atoms with E-state index in [0.29, 0.717) is 23.7 Å². The molecule has 0 heterocycles. The highest BCUT2D eigenvalue weighted by Crippen LogP contribution is 2.30. The van der Waals surface area contributed by atoms with E-state index < -0.39 is 5.97 Å². The highest BCUT2D eigenvalue weighted by molar-refractivity contribution is 5.90. The van der Waals surface area contributed by atoms with E-state index in [1.54, 1.807) is 25.3 Å². The third-order valence-electron chi connectivity index (χ3n) is 3.40. The van der Waals surface area contributed by atoms with Crippen LogP contribution >= 0.6 is 0 Å². The largest absolute Gasteiger partial charge is 0.496 e. The molecule has 0 saturated heterocycles. The summed E-state index contributed by atoms with van der Waals surface area (Å²) in [5, 5.41) is 0. The van der Waals surface area contributed by atoms with E-state index in [2.05, 4.69) is 0 Å². The van der Waals surface area contributed by atoms with Gasteiger partial charge in [0.15, 0.2) is 11.5 Å². The van der Waals surface area contributed by atoms with Crippen LogP contribution in [0, 0.1) is 6.92 Å². The molecule has 0 fully saturated rings. The number of aryl methyl sites for hydroxylation is 1. The highest BCUT2D eigenvalue weighted by atomic mass is 16.5. The summed E-state index contributed by atoms with van der Waals surface area (Å²) in [6, 6.07) is 10.8. The van der Waals surface area contributed by atoms with Crippen molar-refractivity contribution in [3.05, 3.63) is 53.1 Å². The second-order valence-electron chi connectivity index (χ2n) is 4.96. The lowest BCUT2D eigenvalue weighted by atomic mass is 10.1. The predicted octanol–water partition coefficient (Wildman–Crippen LogP) is 3.38. The number of esters is 1. The fourth-order valence-corrected chi connectivity index (χ4v) is 2.21. The van der Waals surface area contributed by atoms with Gasteiger partial charge in [0.2, 0.25) is 0 Å². The second-order valence-corrected chi connectivity index (χ2v) is 4.96. The lowest BCUT2D eigenvalue weighted by Crippen LogP contribution is -2.04. The summed E-state index contributed by atoms with van der Waals surface area (Å²) in [7, 11) is 4.49. The van der Waals surface area contributed by atoms with Gasteiger partial charge in [-0.05, 0) is 37.3 Å². The summed E-state index contributed by atoms with van der Waals surface area (Å²) < 4.78 is 21.1. The minimum atomic E-state index is -0.421. The van der Waals surface area contributed by atoms with Gasteiger partial charge >= 0.3 is 5.97 Å². The van der Waals surface area contributed by atoms with Crippen LogP contribution in [-0.4, -0.2) is 27.3 Å². The molecule has 2 aromatic rings. The third-order valence-corrected chi connectivity index (χ3v) is 3.40. The van der Waals surface area contributed by atoms with Gasteiger partial charge in [0, 0.05) is 5.56 Å². The van der Waals surface area contributed by atoms with Crippen LogP contribution in [0.2, 0.25) is 0 Å². The van der Waals surface area contributed by atoms with Crippen molar-refractivity contribution in [2.75, 3.05) is 21.3 Å². The van der Waals surface area contributed by atoms with Crippen LogP contribution in [-0.2, 0) is 11.3 Å². The van der Waals surface area contributed by atoms with Crippen LogP contribution < -0.4 is 14.2 Å². The number of benzene rings is 2. The molecule has 0 atom stereocenters. The summed E-state index contributed by atoms with van der Waals surface area (Å²) in [4.78, 5) is 11.6. The zero-order valence-corrected chi connectivity index (χ0v) is 13.7. The van der Waals surface area contributed by atoms with E-state index in [1.165, 1.54) is 14.2 Å². The summed E-state index contributed by atoms with van der Waals surface area (Å²) in [6.07, 6.45) is 0. The van der Waals surface area contributed by atoms with Crippen molar-refractivity contribution in [1.29, 1.82) is 0 Å². The monoisotopic (exact) mass is 316 g/mol. The first-order chi connectivity index (χ1) is 11.1. The molecule has 0 saturated carbocycles. The Morgan fingerprint density at radius 1 is 0.913 bits per heavy atom. The van der Waals surface area contributed by atoms with Crippen molar-refractivity contribution in [1.82, 2.24) is 0 Å². The highest BCUT2D eigenvalue weighted by Gasteiger charge is 2.12. The Labute approximate surface area is 135 Å². The third kappa shape index (κ3) is 3.94. The van der Waals surface area contributed by atoms with Crippen molar-refractivity contribution in [3.8, 4) is 17.2 Å².